The minimum Gasteiger partial charge on any atom is -0.347 e. The maximum absolute atomic E-state index is 12.2. The van der Waals surface area contributed by atoms with E-state index in [0.29, 0.717) is 15.6 Å². The fourth-order valence-electron chi connectivity index (χ4n) is 1.80. The van der Waals surface area contributed by atoms with Crippen molar-refractivity contribution in [1.29, 1.82) is 0 Å². The average molecular weight is 367 g/mol. The summed E-state index contributed by atoms with van der Waals surface area (Å²) in [7, 11) is 1.50. The molecular formula is C12H13BrClNO3S. The van der Waals surface area contributed by atoms with E-state index in [1.54, 1.807) is 13.0 Å². The summed E-state index contributed by atoms with van der Waals surface area (Å²) in [6.45, 7) is 3.53. The maximum atomic E-state index is 12.2. The molecule has 19 heavy (non-hydrogen) atoms. The first kappa shape index (κ1) is 14.8. The molecule has 1 aliphatic carbocycles. The summed E-state index contributed by atoms with van der Waals surface area (Å²) in [4.78, 5) is 12.1. The number of carbonyl (C=O) groups is 1. The quantitative estimate of drug-likeness (QED) is 0.837. The van der Waals surface area contributed by atoms with Gasteiger partial charge >= 0.3 is 0 Å². The number of benzene rings is 1. The molecule has 1 fully saturated rings. The van der Waals surface area contributed by atoms with Crippen LogP contribution in [0.5, 0.6) is 0 Å². The second-order valence-electron chi connectivity index (χ2n) is 5.03. The van der Waals surface area contributed by atoms with Crippen LogP contribution in [0.2, 0.25) is 0 Å². The predicted molar refractivity (Wildman–Crippen MR) is 77.0 cm³/mol. The van der Waals surface area contributed by atoms with E-state index in [9.17, 15) is 13.2 Å². The average Bonchev–Trinajstić information content (AvgIpc) is 2.97. The molecule has 0 heterocycles. The lowest BCUT2D eigenvalue weighted by Crippen LogP contribution is -2.34. The first-order chi connectivity index (χ1) is 8.62. The monoisotopic (exact) mass is 365 g/mol. The van der Waals surface area contributed by atoms with E-state index < -0.39 is 9.05 Å². The highest BCUT2D eigenvalue weighted by atomic mass is 79.9. The molecule has 0 aromatic heterocycles. The molecule has 0 bridgehead atoms. The standard InChI is InChI=1S/C12H13BrClNO3S/c1-7-9(11(16)15-12(2)3-4-12)5-8(13)6-10(7)19(14,17)18/h5-6H,3-4H2,1-2H3,(H,15,16). The van der Waals surface area contributed by atoms with Crippen molar-refractivity contribution < 1.29 is 13.2 Å². The van der Waals surface area contributed by atoms with Gasteiger partial charge in [-0.2, -0.15) is 0 Å². The van der Waals surface area contributed by atoms with Gasteiger partial charge in [-0.15, -0.1) is 0 Å². The summed E-state index contributed by atoms with van der Waals surface area (Å²) in [5, 5.41) is 2.90. The van der Waals surface area contributed by atoms with Gasteiger partial charge in [-0.3, -0.25) is 4.79 Å². The molecular weight excluding hydrogens is 354 g/mol. The zero-order valence-corrected chi connectivity index (χ0v) is 13.6. The Kier molecular flexibility index (Phi) is 3.70. The molecule has 0 saturated heterocycles. The van der Waals surface area contributed by atoms with Gasteiger partial charge in [0, 0.05) is 26.3 Å². The van der Waals surface area contributed by atoms with Crippen molar-refractivity contribution in [3.05, 3.63) is 27.7 Å². The van der Waals surface area contributed by atoms with Crippen molar-refractivity contribution in [1.82, 2.24) is 5.32 Å². The highest BCUT2D eigenvalue weighted by Gasteiger charge is 2.39. The molecule has 1 aliphatic rings. The van der Waals surface area contributed by atoms with Gasteiger partial charge in [-0.1, -0.05) is 15.9 Å². The van der Waals surface area contributed by atoms with E-state index in [0.717, 1.165) is 12.8 Å². The summed E-state index contributed by atoms with van der Waals surface area (Å²) in [5.74, 6) is -0.277. The third-order valence-electron chi connectivity index (χ3n) is 3.25. The Bertz CT molecular complexity index is 653. The lowest BCUT2D eigenvalue weighted by Gasteiger charge is -2.14. The van der Waals surface area contributed by atoms with Crippen molar-refractivity contribution in [2.45, 2.75) is 37.1 Å². The predicted octanol–water partition coefficient (Wildman–Crippen LogP) is 2.97. The van der Waals surface area contributed by atoms with E-state index >= 15 is 0 Å². The van der Waals surface area contributed by atoms with E-state index in [-0.39, 0.29) is 16.3 Å². The molecule has 1 aromatic carbocycles. The summed E-state index contributed by atoms with van der Waals surface area (Å²) in [6.07, 6.45) is 1.87. The van der Waals surface area contributed by atoms with Gasteiger partial charge < -0.3 is 5.32 Å². The molecule has 0 aliphatic heterocycles. The topological polar surface area (TPSA) is 63.2 Å². The van der Waals surface area contributed by atoms with Gasteiger partial charge in [0.1, 0.15) is 0 Å². The Morgan fingerprint density at radius 3 is 2.47 bits per heavy atom. The lowest BCUT2D eigenvalue weighted by molar-refractivity contribution is 0.0934. The Hall–Kier alpha value is -0.590. The third-order valence-corrected chi connectivity index (χ3v) is 5.15. The molecule has 7 heteroatoms. The largest absolute Gasteiger partial charge is 0.347 e. The smallest absolute Gasteiger partial charge is 0.261 e. The number of hydrogen-bond donors (Lipinski definition) is 1. The molecule has 1 aromatic rings. The molecule has 0 radical (unpaired) electrons. The van der Waals surface area contributed by atoms with Crippen LogP contribution < -0.4 is 5.32 Å². The number of hydrogen-bond acceptors (Lipinski definition) is 3. The van der Waals surface area contributed by atoms with Crippen LogP contribution in [0.15, 0.2) is 21.5 Å². The van der Waals surface area contributed by atoms with Crippen LogP contribution in [0.25, 0.3) is 0 Å². The number of rotatable bonds is 3. The molecule has 0 atom stereocenters. The normalized spacial score (nSPS) is 17.1. The Morgan fingerprint density at radius 1 is 1.42 bits per heavy atom. The minimum absolute atomic E-state index is 0.0466. The van der Waals surface area contributed by atoms with E-state index in [2.05, 4.69) is 21.2 Å². The summed E-state index contributed by atoms with van der Waals surface area (Å²) in [5.41, 5.74) is 0.521. The molecule has 4 nitrogen and oxygen atoms in total. The molecule has 0 spiro atoms. The summed E-state index contributed by atoms with van der Waals surface area (Å²) >= 11 is 3.20. The first-order valence-electron chi connectivity index (χ1n) is 5.70. The van der Waals surface area contributed by atoms with Crippen LogP contribution in [-0.4, -0.2) is 19.9 Å². The van der Waals surface area contributed by atoms with Crippen molar-refractivity contribution >= 4 is 41.6 Å². The molecule has 0 unspecified atom stereocenters. The highest BCUT2D eigenvalue weighted by Crippen LogP contribution is 2.35. The molecule has 1 saturated carbocycles. The Labute approximate surface area is 125 Å². The van der Waals surface area contributed by atoms with Crippen molar-refractivity contribution in [2.24, 2.45) is 0 Å². The van der Waals surface area contributed by atoms with Crippen molar-refractivity contribution in [2.75, 3.05) is 0 Å². The summed E-state index contributed by atoms with van der Waals surface area (Å²) < 4.78 is 23.5. The second-order valence-corrected chi connectivity index (χ2v) is 8.48. The molecule has 2 rings (SSSR count). The van der Waals surface area contributed by atoms with Crippen LogP contribution >= 0.6 is 26.6 Å². The van der Waals surface area contributed by atoms with Crippen LogP contribution in [-0.2, 0) is 9.05 Å². The van der Waals surface area contributed by atoms with Crippen LogP contribution in [0, 0.1) is 6.92 Å². The second kappa shape index (κ2) is 4.75. The van der Waals surface area contributed by atoms with Gasteiger partial charge in [0.05, 0.1) is 4.90 Å². The number of halogens is 2. The van der Waals surface area contributed by atoms with E-state index in [4.69, 9.17) is 10.7 Å². The van der Waals surface area contributed by atoms with Gasteiger partial charge in [-0.05, 0) is 44.4 Å². The molecule has 1 N–H and O–H groups in total. The zero-order chi connectivity index (χ0) is 14.4. The van der Waals surface area contributed by atoms with E-state index in [1.807, 2.05) is 6.92 Å². The van der Waals surface area contributed by atoms with Crippen molar-refractivity contribution in [3.63, 3.8) is 0 Å². The zero-order valence-electron chi connectivity index (χ0n) is 10.5. The first-order valence-corrected chi connectivity index (χ1v) is 8.80. The van der Waals surface area contributed by atoms with Gasteiger partial charge in [0.25, 0.3) is 15.0 Å². The van der Waals surface area contributed by atoms with Crippen LogP contribution in [0.1, 0.15) is 35.7 Å². The molecule has 104 valence electrons. The van der Waals surface area contributed by atoms with Gasteiger partial charge in [-0.25, -0.2) is 8.42 Å². The lowest BCUT2D eigenvalue weighted by atomic mass is 10.1. The van der Waals surface area contributed by atoms with Crippen LogP contribution in [0.3, 0.4) is 0 Å². The number of amides is 1. The SMILES string of the molecule is Cc1c(C(=O)NC2(C)CC2)cc(Br)cc1S(=O)(=O)Cl. The summed E-state index contributed by atoms with van der Waals surface area (Å²) in [6, 6.07) is 3.00. The number of nitrogens with one attached hydrogen (secondary N) is 1. The fourth-order valence-corrected chi connectivity index (χ4v) is 3.63. The van der Waals surface area contributed by atoms with Crippen molar-refractivity contribution in [3.8, 4) is 0 Å². The maximum Gasteiger partial charge on any atom is 0.261 e. The third kappa shape index (κ3) is 3.30. The highest BCUT2D eigenvalue weighted by molar-refractivity contribution is 9.10. The Balaban J connectivity index is 2.46. The van der Waals surface area contributed by atoms with Crippen LogP contribution in [0.4, 0.5) is 0 Å². The number of carbonyl (C=O) groups excluding carboxylic acids is 1. The fraction of sp³-hybridized carbons (Fsp3) is 0.417. The van der Waals surface area contributed by atoms with Gasteiger partial charge in [0.2, 0.25) is 0 Å². The Morgan fingerprint density at radius 2 is 2.00 bits per heavy atom. The minimum atomic E-state index is -3.88. The van der Waals surface area contributed by atoms with E-state index in [1.165, 1.54) is 6.07 Å². The van der Waals surface area contributed by atoms with Gasteiger partial charge in [0.15, 0.2) is 0 Å². The molecule has 1 amide bonds.